The molecule has 1 fully saturated rings. The first-order chi connectivity index (χ1) is 13.3. The second kappa shape index (κ2) is 7.12. The molecule has 1 unspecified atom stereocenters. The summed E-state index contributed by atoms with van der Waals surface area (Å²) in [6, 6.07) is 14.2. The lowest BCUT2D eigenvalue weighted by Gasteiger charge is -2.22. The lowest BCUT2D eigenvalue weighted by atomic mass is 10.2. The van der Waals surface area contributed by atoms with Gasteiger partial charge >= 0.3 is 0 Å². The maximum atomic E-state index is 5.94. The Morgan fingerprint density at radius 2 is 2.00 bits per heavy atom. The molecule has 1 atom stereocenters. The SMILES string of the molecule is Ic1nn(C2CCCCO2)c2nn3cc(OCc4ccccc4)ccc3c12. The largest absolute Gasteiger partial charge is 0.487 e. The molecule has 0 bridgehead atoms. The number of hydrogen-bond acceptors (Lipinski definition) is 4. The first-order valence-electron chi connectivity index (χ1n) is 9.14. The van der Waals surface area contributed by atoms with Crippen LogP contribution >= 0.6 is 22.6 Å². The van der Waals surface area contributed by atoms with E-state index in [9.17, 15) is 0 Å². The predicted molar refractivity (Wildman–Crippen MR) is 111 cm³/mol. The number of pyridine rings is 1. The van der Waals surface area contributed by atoms with Gasteiger partial charge in [-0.3, -0.25) is 0 Å². The number of hydrogen-bond donors (Lipinski definition) is 0. The summed E-state index contributed by atoms with van der Waals surface area (Å²) in [5, 5.41) is 10.5. The van der Waals surface area contributed by atoms with Gasteiger partial charge in [-0.25, -0.2) is 9.20 Å². The lowest BCUT2D eigenvalue weighted by molar-refractivity contribution is -0.0372. The molecule has 0 aliphatic carbocycles. The van der Waals surface area contributed by atoms with E-state index in [1.807, 2.05) is 45.7 Å². The summed E-state index contributed by atoms with van der Waals surface area (Å²) in [5.41, 5.74) is 3.04. The topological polar surface area (TPSA) is 53.6 Å². The molecule has 0 spiro atoms. The molecule has 4 aromatic rings. The van der Waals surface area contributed by atoms with Crippen molar-refractivity contribution in [1.29, 1.82) is 0 Å². The van der Waals surface area contributed by atoms with Gasteiger partial charge in [0.05, 0.1) is 17.1 Å². The van der Waals surface area contributed by atoms with Gasteiger partial charge in [0.25, 0.3) is 0 Å². The van der Waals surface area contributed by atoms with E-state index < -0.39 is 0 Å². The first kappa shape index (κ1) is 17.0. The molecule has 1 aliphatic rings. The summed E-state index contributed by atoms with van der Waals surface area (Å²) in [5.74, 6) is 0.792. The highest BCUT2D eigenvalue weighted by Gasteiger charge is 2.23. The molecule has 27 heavy (non-hydrogen) atoms. The Kier molecular flexibility index (Phi) is 4.48. The van der Waals surface area contributed by atoms with Gasteiger partial charge in [-0.05, 0) is 59.5 Å². The van der Waals surface area contributed by atoms with Gasteiger partial charge in [-0.2, -0.15) is 5.10 Å². The molecule has 3 aromatic heterocycles. The van der Waals surface area contributed by atoms with Crippen LogP contribution in [0.2, 0.25) is 0 Å². The van der Waals surface area contributed by atoms with Crippen molar-refractivity contribution >= 4 is 39.1 Å². The van der Waals surface area contributed by atoms with E-state index in [-0.39, 0.29) is 6.23 Å². The Morgan fingerprint density at radius 1 is 1.11 bits per heavy atom. The number of rotatable bonds is 4. The zero-order valence-corrected chi connectivity index (χ0v) is 16.9. The monoisotopic (exact) mass is 474 g/mol. The van der Waals surface area contributed by atoms with Crippen LogP contribution in [-0.2, 0) is 11.3 Å². The number of benzene rings is 1. The second-order valence-electron chi connectivity index (χ2n) is 6.72. The minimum Gasteiger partial charge on any atom is -0.487 e. The van der Waals surface area contributed by atoms with Gasteiger partial charge in [-0.15, -0.1) is 5.10 Å². The fourth-order valence-electron chi connectivity index (χ4n) is 3.51. The summed E-state index contributed by atoms with van der Waals surface area (Å²) in [6.45, 7) is 1.32. The molecule has 0 saturated carbocycles. The van der Waals surface area contributed by atoms with Crippen LogP contribution in [0.15, 0.2) is 48.7 Å². The minimum absolute atomic E-state index is 0.0246. The number of nitrogens with zero attached hydrogens (tertiary/aromatic N) is 4. The standard InChI is InChI=1S/C20H19IN4O2/c21-19-18-16-10-9-15(27-13-14-6-2-1-3-7-14)12-24(16)23-20(18)25(22-19)17-8-4-5-11-26-17/h1-3,6-7,9-10,12,17H,4-5,8,11,13H2. The highest BCUT2D eigenvalue weighted by atomic mass is 127. The number of fused-ring (bicyclic) bond motifs is 3. The van der Waals surface area contributed by atoms with Crippen LogP contribution in [0.5, 0.6) is 5.75 Å². The quantitative estimate of drug-likeness (QED) is 0.407. The molecule has 1 aliphatic heterocycles. The van der Waals surface area contributed by atoms with Crippen molar-refractivity contribution in [2.45, 2.75) is 32.1 Å². The van der Waals surface area contributed by atoms with Crippen molar-refractivity contribution in [2.75, 3.05) is 6.61 Å². The molecule has 4 heterocycles. The third kappa shape index (κ3) is 3.19. The molecule has 6 nitrogen and oxygen atoms in total. The van der Waals surface area contributed by atoms with Crippen LogP contribution in [0.3, 0.4) is 0 Å². The maximum Gasteiger partial charge on any atom is 0.184 e. The van der Waals surface area contributed by atoms with Crippen molar-refractivity contribution < 1.29 is 9.47 Å². The zero-order valence-electron chi connectivity index (χ0n) is 14.7. The van der Waals surface area contributed by atoms with Gasteiger partial charge < -0.3 is 9.47 Å². The van der Waals surface area contributed by atoms with E-state index >= 15 is 0 Å². The molecule has 5 rings (SSSR count). The summed E-state index contributed by atoms with van der Waals surface area (Å²) < 4.78 is 16.6. The van der Waals surface area contributed by atoms with E-state index in [1.165, 1.54) is 0 Å². The second-order valence-corrected chi connectivity index (χ2v) is 7.75. The summed E-state index contributed by atoms with van der Waals surface area (Å²) >= 11 is 2.28. The van der Waals surface area contributed by atoms with Gasteiger partial charge in [0, 0.05) is 6.61 Å². The van der Waals surface area contributed by atoms with Gasteiger partial charge in [-0.1, -0.05) is 30.3 Å². The molecule has 1 saturated heterocycles. The Balaban J connectivity index is 1.49. The van der Waals surface area contributed by atoms with Crippen LogP contribution < -0.4 is 4.74 Å². The highest BCUT2D eigenvalue weighted by molar-refractivity contribution is 14.1. The van der Waals surface area contributed by atoms with E-state index in [4.69, 9.17) is 19.7 Å². The van der Waals surface area contributed by atoms with E-state index in [1.54, 1.807) is 0 Å². The van der Waals surface area contributed by atoms with Crippen LogP contribution in [0.25, 0.3) is 16.6 Å². The average molecular weight is 474 g/mol. The molecule has 138 valence electrons. The van der Waals surface area contributed by atoms with E-state index in [0.717, 1.165) is 57.4 Å². The molecule has 1 aromatic carbocycles. The Labute approximate surface area is 170 Å². The lowest BCUT2D eigenvalue weighted by Crippen LogP contribution is -2.19. The van der Waals surface area contributed by atoms with E-state index in [0.29, 0.717) is 6.61 Å². The molecule has 0 N–H and O–H groups in total. The molecule has 0 radical (unpaired) electrons. The number of halogens is 1. The number of aromatic nitrogens is 4. The van der Waals surface area contributed by atoms with Gasteiger partial charge in [0.1, 0.15) is 16.1 Å². The third-order valence-electron chi connectivity index (χ3n) is 4.88. The molecule has 0 amide bonds. The fourth-order valence-corrected chi connectivity index (χ4v) is 4.26. The van der Waals surface area contributed by atoms with Gasteiger partial charge in [0.15, 0.2) is 11.9 Å². The zero-order chi connectivity index (χ0) is 18.2. The van der Waals surface area contributed by atoms with Gasteiger partial charge in [0.2, 0.25) is 0 Å². The first-order valence-corrected chi connectivity index (χ1v) is 10.2. The summed E-state index contributed by atoms with van der Waals surface area (Å²) in [6.07, 6.45) is 5.16. The van der Waals surface area contributed by atoms with Crippen LogP contribution in [0.1, 0.15) is 31.1 Å². The molecular weight excluding hydrogens is 455 g/mol. The summed E-state index contributed by atoms with van der Waals surface area (Å²) in [7, 11) is 0. The number of ether oxygens (including phenoxy) is 2. The molecule has 7 heteroatoms. The third-order valence-corrected chi connectivity index (χ3v) is 5.63. The van der Waals surface area contributed by atoms with E-state index in [2.05, 4.69) is 34.7 Å². The fraction of sp³-hybridized carbons (Fsp3) is 0.300. The van der Waals surface area contributed by atoms with Crippen molar-refractivity contribution in [3.63, 3.8) is 0 Å². The van der Waals surface area contributed by atoms with Crippen LogP contribution in [-0.4, -0.2) is 26.0 Å². The maximum absolute atomic E-state index is 5.94. The predicted octanol–water partition coefficient (Wildman–Crippen LogP) is 4.57. The summed E-state index contributed by atoms with van der Waals surface area (Å²) in [4.78, 5) is 0. The molecular formula is C20H19IN4O2. The Morgan fingerprint density at radius 3 is 2.81 bits per heavy atom. The Hall–Kier alpha value is -2.13. The van der Waals surface area contributed by atoms with Crippen molar-refractivity contribution in [3.8, 4) is 5.75 Å². The van der Waals surface area contributed by atoms with Crippen molar-refractivity contribution in [3.05, 3.63) is 57.9 Å². The van der Waals surface area contributed by atoms with Crippen molar-refractivity contribution in [2.24, 2.45) is 0 Å². The smallest absolute Gasteiger partial charge is 0.184 e. The highest BCUT2D eigenvalue weighted by Crippen LogP contribution is 2.31. The Bertz CT molecular complexity index is 1080. The van der Waals surface area contributed by atoms with Crippen LogP contribution in [0.4, 0.5) is 0 Å². The van der Waals surface area contributed by atoms with Crippen molar-refractivity contribution in [1.82, 2.24) is 19.4 Å². The average Bonchev–Trinajstić information content (AvgIpc) is 3.25. The van der Waals surface area contributed by atoms with Crippen LogP contribution in [0, 0.1) is 3.70 Å². The minimum atomic E-state index is -0.0246. The normalized spacial score (nSPS) is 17.6.